The van der Waals surface area contributed by atoms with Crippen molar-refractivity contribution in [2.24, 2.45) is 0 Å². The lowest BCUT2D eigenvalue weighted by molar-refractivity contribution is -0.274. The minimum Gasteiger partial charge on any atom is -0.406 e. The van der Waals surface area contributed by atoms with E-state index in [0.29, 0.717) is 22.7 Å². The number of rotatable bonds is 6. The molecule has 1 fully saturated rings. The lowest BCUT2D eigenvalue weighted by Crippen LogP contribution is -2.39. The fourth-order valence-corrected chi connectivity index (χ4v) is 3.18. The van der Waals surface area contributed by atoms with E-state index in [1.165, 1.54) is 18.2 Å². The Kier molecular flexibility index (Phi) is 5.54. The van der Waals surface area contributed by atoms with Crippen LogP contribution in [0.15, 0.2) is 42.6 Å². The van der Waals surface area contributed by atoms with Gasteiger partial charge in [-0.15, -0.1) is 18.3 Å². The zero-order valence-corrected chi connectivity index (χ0v) is 15.5. The summed E-state index contributed by atoms with van der Waals surface area (Å²) in [5.41, 5.74) is 1.70. The van der Waals surface area contributed by atoms with Crippen LogP contribution in [-0.4, -0.2) is 65.3 Å². The molecular formula is C19H20F3N5O2. The highest BCUT2D eigenvalue weighted by Crippen LogP contribution is 2.28. The molecule has 0 aliphatic carbocycles. The normalized spacial score (nSPS) is 15.6. The first-order chi connectivity index (χ1) is 14.0. The van der Waals surface area contributed by atoms with Crippen molar-refractivity contribution in [2.75, 3.05) is 44.7 Å². The monoisotopic (exact) mass is 407 g/mol. The predicted molar refractivity (Wildman–Crippen MR) is 101 cm³/mol. The molecule has 0 radical (unpaired) electrons. The number of ether oxygens (including phenoxy) is 2. The van der Waals surface area contributed by atoms with Gasteiger partial charge in [-0.3, -0.25) is 4.90 Å². The molecule has 154 valence electrons. The van der Waals surface area contributed by atoms with E-state index in [4.69, 9.17) is 4.74 Å². The first-order valence-corrected chi connectivity index (χ1v) is 9.23. The molecule has 7 nitrogen and oxygen atoms in total. The topological polar surface area (TPSA) is 63.9 Å². The van der Waals surface area contributed by atoms with Gasteiger partial charge in [0.25, 0.3) is 0 Å². The van der Waals surface area contributed by atoms with Crippen LogP contribution < -0.4 is 10.1 Å². The third-order valence-electron chi connectivity index (χ3n) is 4.56. The third kappa shape index (κ3) is 4.96. The molecule has 1 aliphatic rings. The Morgan fingerprint density at radius 2 is 1.97 bits per heavy atom. The van der Waals surface area contributed by atoms with Crippen LogP contribution in [0.2, 0.25) is 0 Å². The minimum atomic E-state index is -4.74. The van der Waals surface area contributed by atoms with Gasteiger partial charge in [0.1, 0.15) is 11.6 Å². The van der Waals surface area contributed by atoms with E-state index in [1.54, 1.807) is 16.8 Å². The maximum Gasteiger partial charge on any atom is 0.573 e. The molecule has 0 saturated carbocycles. The summed E-state index contributed by atoms with van der Waals surface area (Å²) >= 11 is 0. The van der Waals surface area contributed by atoms with Gasteiger partial charge in [0.2, 0.25) is 0 Å². The average molecular weight is 407 g/mol. The molecule has 1 N–H and O–H groups in total. The van der Waals surface area contributed by atoms with Crippen molar-refractivity contribution in [3.05, 3.63) is 42.6 Å². The number of nitrogens with one attached hydrogen (secondary N) is 1. The molecule has 0 bridgehead atoms. The SMILES string of the molecule is FC(F)(F)Oc1cccc(-c2cnc3ccc(NCCN4CCOCC4)nn23)c1. The Labute approximate surface area is 165 Å². The third-order valence-corrected chi connectivity index (χ3v) is 4.56. The highest BCUT2D eigenvalue weighted by molar-refractivity contribution is 5.65. The van der Waals surface area contributed by atoms with Gasteiger partial charge in [-0.1, -0.05) is 12.1 Å². The minimum absolute atomic E-state index is 0.287. The Morgan fingerprint density at radius 3 is 2.76 bits per heavy atom. The summed E-state index contributed by atoms with van der Waals surface area (Å²) in [7, 11) is 0. The van der Waals surface area contributed by atoms with E-state index in [1.807, 2.05) is 12.1 Å². The fraction of sp³-hybridized carbons (Fsp3) is 0.368. The Morgan fingerprint density at radius 1 is 1.14 bits per heavy atom. The van der Waals surface area contributed by atoms with Crippen LogP contribution >= 0.6 is 0 Å². The molecule has 2 aromatic heterocycles. The molecular weight excluding hydrogens is 387 g/mol. The van der Waals surface area contributed by atoms with Crippen molar-refractivity contribution in [3.8, 4) is 17.0 Å². The summed E-state index contributed by atoms with van der Waals surface area (Å²) in [6, 6.07) is 9.40. The first-order valence-electron chi connectivity index (χ1n) is 9.23. The Balaban J connectivity index is 1.50. The van der Waals surface area contributed by atoms with Gasteiger partial charge >= 0.3 is 6.36 Å². The largest absolute Gasteiger partial charge is 0.573 e. The number of halogens is 3. The molecule has 3 heterocycles. The van der Waals surface area contributed by atoms with Crippen LogP contribution in [0.25, 0.3) is 16.9 Å². The molecule has 3 aromatic rings. The number of fused-ring (bicyclic) bond motifs is 1. The Hall–Kier alpha value is -2.85. The molecule has 1 aliphatic heterocycles. The number of nitrogens with zero attached hydrogens (tertiary/aromatic N) is 4. The zero-order chi connectivity index (χ0) is 20.3. The van der Waals surface area contributed by atoms with Gasteiger partial charge in [-0.05, 0) is 24.3 Å². The number of hydrogen-bond acceptors (Lipinski definition) is 6. The van der Waals surface area contributed by atoms with E-state index < -0.39 is 6.36 Å². The molecule has 10 heteroatoms. The number of alkyl halides is 3. The zero-order valence-electron chi connectivity index (χ0n) is 15.5. The molecule has 0 atom stereocenters. The number of benzene rings is 1. The maximum absolute atomic E-state index is 12.5. The number of aromatic nitrogens is 3. The van der Waals surface area contributed by atoms with Gasteiger partial charge in [0, 0.05) is 31.7 Å². The molecule has 0 spiro atoms. The van der Waals surface area contributed by atoms with E-state index in [9.17, 15) is 13.2 Å². The molecule has 29 heavy (non-hydrogen) atoms. The van der Waals surface area contributed by atoms with Gasteiger partial charge in [-0.2, -0.15) is 0 Å². The second kappa shape index (κ2) is 8.26. The summed E-state index contributed by atoms with van der Waals surface area (Å²) in [5, 5.41) is 7.81. The van der Waals surface area contributed by atoms with Crippen molar-refractivity contribution in [1.29, 1.82) is 0 Å². The van der Waals surface area contributed by atoms with E-state index in [-0.39, 0.29) is 5.75 Å². The summed E-state index contributed by atoms with van der Waals surface area (Å²) in [6.45, 7) is 4.92. The van der Waals surface area contributed by atoms with E-state index in [2.05, 4.69) is 25.0 Å². The van der Waals surface area contributed by atoms with Crippen LogP contribution in [0, 0.1) is 0 Å². The van der Waals surface area contributed by atoms with Crippen molar-refractivity contribution in [1.82, 2.24) is 19.5 Å². The number of morpholine rings is 1. The number of anilines is 1. The standard InChI is InChI=1S/C19H20F3N5O2/c20-19(21,22)29-15-3-1-2-14(12-15)16-13-24-18-5-4-17(25-27(16)18)23-6-7-26-8-10-28-11-9-26/h1-5,12-13H,6-11H2,(H,23,25). The maximum atomic E-state index is 12.5. The van der Waals surface area contributed by atoms with Gasteiger partial charge in [-0.25, -0.2) is 9.50 Å². The highest BCUT2D eigenvalue weighted by Gasteiger charge is 2.31. The van der Waals surface area contributed by atoms with Crippen molar-refractivity contribution < 1.29 is 22.6 Å². The molecule has 4 rings (SSSR count). The smallest absolute Gasteiger partial charge is 0.406 e. The van der Waals surface area contributed by atoms with Crippen LogP contribution in [0.5, 0.6) is 5.75 Å². The summed E-state index contributed by atoms with van der Waals surface area (Å²) < 4.78 is 48.5. The quantitative estimate of drug-likeness (QED) is 0.678. The second-order valence-corrected chi connectivity index (χ2v) is 6.59. The van der Waals surface area contributed by atoms with E-state index in [0.717, 1.165) is 39.4 Å². The van der Waals surface area contributed by atoms with Crippen LogP contribution in [-0.2, 0) is 4.74 Å². The van der Waals surface area contributed by atoms with Gasteiger partial charge in [0.15, 0.2) is 5.65 Å². The van der Waals surface area contributed by atoms with Crippen LogP contribution in [0.4, 0.5) is 19.0 Å². The second-order valence-electron chi connectivity index (χ2n) is 6.59. The number of hydrogen-bond donors (Lipinski definition) is 1. The van der Waals surface area contributed by atoms with Crippen LogP contribution in [0.1, 0.15) is 0 Å². The van der Waals surface area contributed by atoms with Crippen molar-refractivity contribution in [3.63, 3.8) is 0 Å². The molecule has 1 aromatic carbocycles. The highest BCUT2D eigenvalue weighted by atomic mass is 19.4. The van der Waals surface area contributed by atoms with Crippen molar-refractivity contribution in [2.45, 2.75) is 6.36 Å². The van der Waals surface area contributed by atoms with Crippen LogP contribution in [0.3, 0.4) is 0 Å². The van der Waals surface area contributed by atoms with Gasteiger partial charge in [0.05, 0.1) is 25.1 Å². The summed E-state index contributed by atoms with van der Waals surface area (Å²) in [4.78, 5) is 6.59. The number of imidazole rings is 1. The summed E-state index contributed by atoms with van der Waals surface area (Å²) in [5.74, 6) is 0.373. The Bertz CT molecular complexity index is 970. The first kappa shape index (κ1) is 19.5. The fourth-order valence-electron chi connectivity index (χ4n) is 3.18. The van der Waals surface area contributed by atoms with Gasteiger partial charge < -0.3 is 14.8 Å². The molecule has 0 unspecified atom stereocenters. The molecule has 1 saturated heterocycles. The van der Waals surface area contributed by atoms with Crippen molar-refractivity contribution >= 4 is 11.5 Å². The lowest BCUT2D eigenvalue weighted by Gasteiger charge is -2.26. The summed E-state index contributed by atoms with van der Waals surface area (Å²) in [6.07, 6.45) is -3.17. The molecule has 0 amide bonds. The lowest BCUT2D eigenvalue weighted by atomic mass is 10.1. The predicted octanol–water partition coefficient (Wildman–Crippen LogP) is 3.04. The average Bonchev–Trinajstić information content (AvgIpc) is 3.11. The van der Waals surface area contributed by atoms with E-state index >= 15 is 0 Å².